The molecule has 0 radical (unpaired) electrons. The first-order valence-corrected chi connectivity index (χ1v) is 5.04. The van der Waals surface area contributed by atoms with E-state index in [2.05, 4.69) is 20.8 Å². The Kier molecular flexibility index (Phi) is 5.72. The van der Waals surface area contributed by atoms with E-state index in [0.717, 1.165) is 12.8 Å². The highest BCUT2D eigenvalue weighted by Gasteiger charge is 2.24. The zero-order valence-electron chi connectivity index (χ0n) is 9.34. The highest BCUT2D eigenvalue weighted by Crippen LogP contribution is 2.31. The molecule has 4 nitrogen and oxygen atoms in total. The Hall–Kier alpha value is -0.610. The summed E-state index contributed by atoms with van der Waals surface area (Å²) < 4.78 is 0. The van der Waals surface area contributed by atoms with Gasteiger partial charge in [-0.15, -0.1) is 0 Å². The average molecular weight is 202 g/mol. The number of rotatable bonds is 5. The Bertz CT molecular complexity index is 175. The van der Waals surface area contributed by atoms with Crippen LogP contribution in [0.15, 0.2) is 0 Å². The summed E-state index contributed by atoms with van der Waals surface area (Å²) in [6.07, 6.45) is 2.05. The smallest absolute Gasteiger partial charge is 0.243 e. The fourth-order valence-corrected chi connectivity index (χ4v) is 1.57. The monoisotopic (exact) mass is 202 g/mol. The van der Waals surface area contributed by atoms with Gasteiger partial charge in [0.1, 0.15) is 0 Å². The van der Waals surface area contributed by atoms with Crippen molar-refractivity contribution in [1.29, 1.82) is 0 Å². The van der Waals surface area contributed by atoms with Gasteiger partial charge in [-0.2, -0.15) is 0 Å². The van der Waals surface area contributed by atoms with E-state index in [1.54, 1.807) is 5.48 Å². The maximum Gasteiger partial charge on any atom is 0.243 e. The number of hydrogen-bond acceptors (Lipinski definition) is 3. The van der Waals surface area contributed by atoms with E-state index in [9.17, 15) is 4.79 Å². The van der Waals surface area contributed by atoms with Gasteiger partial charge in [0.05, 0.1) is 0 Å². The Labute approximate surface area is 85.8 Å². The molecule has 0 spiro atoms. The summed E-state index contributed by atoms with van der Waals surface area (Å²) in [5, 5.41) is 8.36. The van der Waals surface area contributed by atoms with Crippen LogP contribution in [0, 0.1) is 11.3 Å². The zero-order valence-corrected chi connectivity index (χ0v) is 9.34. The standard InChI is InChI=1S/C10H22N2O2/c1-10(2,3)8(6-7-11)4-5-9(13)12-14/h8,14H,4-7,11H2,1-3H3,(H,12,13). The minimum Gasteiger partial charge on any atom is -0.330 e. The molecule has 1 amide bonds. The molecule has 0 saturated carbocycles. The van der Waals surface area contributed by atoms with E-state index < -0.39 is 0 Å². The largest absolute Gasteiger partial charge is 0.330 e. The molecule has 84 valence electrons. The van der Waals surface area contributed by atoms with E-state index in [-0.39, 0.29) is 11.3 Å². The molecule has 4 heteroatoms. The third-order valence-corrected chi connectivity index (χ3v) is 2.58. The quantitative estimate of drug-likeness (QED) is 0.464. The van der Waals surface area contributed by atoms with Crippen molar-refractivity contribution in [1.82, 2.24) is 5.48 Å². The van der Waals surface area contributed by atoms with Crippen molar-refractivity contribution in [2.75, 3.05) is 6.54 Å². The lowest BCUT2D eigenvalue weighted by Gasteiger charge is -2.30. The average Bonchev–Trinajstić information content (AvgIpc) is 2.09. The summed E-state index contributed by atoms with van der Waals surface area (Å²) in [6, 6.07) is 0. The fraction of sp³-hybridized carbons (Fsp3) is 0.900. The number of carbonyl (C=O) groups excluding carboxylic acids is 1. The van der Waals surface area contributed by atoms with E-state index in [4.69, 9.17) is 10.9 Å². The van der Waals surface area contributed by atoms with Crippen molar-refractivity contribution in [3.05, 3.63) is 0 Å². The second kappa shape index (κ2) is 5.98. The highest BCUT2D eigenvalue weighted by molar-refractivity contribution is 5.74. The molecular weight excluding hydrogens is 180 g/mol. The Balaban J connectivity index is 4.04. The van der Waals surface area contributed by atoms with Gasteiger partial charge in [-0.25, -0.2) is 5.48 Å². The molecule has 0 aromatic rings. The van der Waals surface area contributed by atoms with Crippen LogP contribution in [0.3, 0.4) is 0 Å². The van der Waals surface area contributed by atoms with Crippen LogP contribution in [0.4, 0.5) is 0 Å². The molecule has 0 fully saturated rings. The summed E-state index contributed by atoms with van der Waals surface area (Å²) >= 11 is 0. The number of carbonyl (C=O) groups is 1. The molecule has 0 saturated heterocycles. The number of amides is 1. The molecule has 1 unspecified atom stereocenters. The second-order valence-electron chi connectivity index (χ2n) is 4.71. The predicted molar refractivity (Wildman–Crippen MR) is 55.8 cm³/mol. The van der Waals surface area contributed by atoms with E-state index in [1.807, 2.05) is 0 Å². The number of nitrogens with two attached hydrogens (primary N) is 1. The Morgan fingerprint density at radius 3 is 2.36 bits per heavy atom. The van der Waals surface area contributed by atoms with Crippen LogP contribution in [-0.2, 0) is 4.79 Å². The summed E-state index contributed by atoms with van der Waals surface area (Å²) in [5.41, 5.74) is 7.32. The summed E-state index contributed by atoms with van der Waals surface area (Å²) in [5.74, 6) is 0.0982. The molecule has 0 aliphatic carbocycles. The lowest BCUT2D eigenvalue weighted by molar-refractivity contribution is -0.129. The van der Waals surface area contributed by atoms with E-state index in [0.29, 0.717) is 18.9 Å². The Morgan fingerprint density at radius 2 is 2.00 bits per heavy atom. The van der Waals surface area contributed by atoms with Gasteiger partial charge in [0.2, 0.25) is 5.91 Å². The lowest BCUT2D eigenvalue weighted by atomic mass is 9.76. The Morgan fingerprint density at radius 1 is 1.43 bits per heavy atom. The van der Waals surface area contributed by atoms with Crippen LogP contribution in [0.5, 0.6) is 0 Å². The molecule has 0 heterocycles. The molecule has 0 bridgehead atoms. The predicted octanol–water partition coefficient (Wildman–Crippen LogP) is 1.28. The first kappa shape index (κ1) is 13.4. The van der Waals surface area contributed by atoms with Gasteiger partial charge in [0.25, 0.3) is 0 Å². The molecule has 0 rings (SSSR count). The van der Waals surface area contributed by atoms with E-state index in [1.165, 1.54) is 0 Å². The number of nitrogens with one attached hydrogen (secondary N) is 1. The van der Waals surface area contributed by atoms with Crippen LogP contribution in [-0.4, -0.2) is 17.7 Å². The molecule has 0 aliphatic heterocycles. The van der Waals surface area contributed by atoms with Gasteiger partial charge >= 0.3 is 0 Å². The van der Waals surface area contributed by atoms with E-state index >= 15 is 0 Å². The van der Waals surface area contributed by atoms with Crippen LogP contribution in [0.25, 0.3) is 0 Å². The first-order chi connectivity index (χ1) is 6.41. The van der Waals surface area contributed by atoms with Crippen LogP contribution < -0.4 is 11.2 Å². The summed E-state index contributed by atoms with van der Waals surface area (Å²) in [6.45, 7) is 7.07. The third-order valence-electron chi connectivity index (χ3n) is 2.58. The van der Waals surface area contributed by atoms with Gasteiger partial charge in [0, 0.05) is 6.42 Å². The summed E-state index contributed by atoms with van der Waals surface area (Å²) in [7, 11) is 0. The third kappa shape index (κ3) is 5.19. The minimum absolute atomic E-state index is 0.162. The van der Waals surface area contributed by atoms with Gasteiger partial charge in [0.15, 0.2) is 0 Å². The van der Waals surface area contributed by atoms with Crippen molar-refractivity contribution >= 4 is 5.91 Å². The van der Waals surface area contributed by atoms with Gasteiger partial charge in [-0.3, -0.25) is 10.0 Å². The SMILES string of the molecule is CC(C)(C)C(CCN)CCC(=O)NO. The molecule has 0 aromatic heterocycles. The van der Waals surface area contributed by atoms with Crippen molar-refractivity contribution in [3.8, 4) is 0 Å². The molecule has 4 N–H and O–H groups in total. The first-order valence-electron chi connectivity index (χ1n) is 5.04. The molecule has 1 atom stereocenters. The van der Waals surface area contributed by atoms with Crippen LogP contribution >= 0.6 is 0 Å². The molecule has 0 aromatic carbocycles. The molecular formula is C10H22N2O2. The number of hydrogen-bond donors (Lipinski definition) is 3. The number of hydroxylamine groups is 1. The van der Waals surface area contributed by atoms with Crippen molar-refractivity contribution in [3.63, 3.8) is 0 Å². The summed E-state index contributed by atoms with van der Waals surface area (Å²) in [4.78, 5) is 10.9. The van der Waals surface area contributed by atoms with Crippen molar-refractivity contribution < 1.29 is 10.0 Å². The van der Waals surface area contributed by atoms with Crippen LogP contribution in [0.2, 0.25) is 0 Å². The van der Waals surface area contributed by atoms with Crippen molar-refractivity contribution in [2.45, 2.75) is 40.0 Å². The molecule has 0 aliphatic rings. The fourth-order valence-electron chi connectivity index (χ4n) is 1.57. The maximum absolute atomic E-state index is 10.9. The zero-order chi connectivity index (χ0) is 11.2. The van der Waals surface area contributed by atoms with Gasteiger partial charge < -0.3 is 5.73 Å². The molecule has 14 heavy (non-hydrogen) atoms. The van der Waals surface area contributed by atoms with Gasteiger partial charge in [-0.1, -0.05) is 20.8 Å². The van der Waals surface area contributed by atoms with Crippen LogP contribution in [0.1, 0.15) is 40.0 Å². The topological polar surface area (TPSA) is 75.4 Å². The maximum atomic E-state index is 10.9. The van der Waals surface area contributed by atoms with Crippen molar-refractivity contribution in [2.24, 2.45) is 17.1 Å². The lowest BCUT2D eigenvalue weighted by Crippen LogP contribution is -2.26. The minimum atomic E-state index is -0.323. The van der Waals surface area contributed by atoms with Gasteiger partial charge in [-0.05, 0) is 30.7 Å². The second-order valence-corrected chi connectivity index (χ2v) is 4.71. The highest BCUT2D eigenvalue weighted by atomic mass is 16.5. The normalized spacial score (nSPS) is 13.8.